The van der Waals surface area contributed by atoms with Crippen molar-refractivity contribution in [1.82, 2.24) is 25.0 Å². The van der Waals surface area contributed by atoms with Crippen LogP contribution in [0, 0.1) is 10.1 Å². The average molecular weight is 395 g/mol. The van der Waals surface area contributed by atoms with Crippen molar-refractivity contribution in [3.05, 3.63) is 38.6 Å². The molecule has 0 aromatic carbocycles. The van der Waals surface area contributed by atoms with Crippen LogP contribution in [0.4, 0.5) is 5.69 Å². The summed E-state index contributed by atoms with van der Waals surface area (Å²) >= 11 is 1.58. The van der Waals surface area contributed by atoms with Crippen molar-refractivity contribution in [1.29, 1.82) is 0 Å². The third kappa shape index (κ3) is 6.00. The first-order chi connectivity index (χ1) is 12.9. The van der Waals surface area contributed by atoms with E-state index in [1.54, 1.807) is 18.4 Å². The second-order valence-electron chi connectivity index (χ2n) is 5.87. The van der Waals surface area contributed by atoms with Crippen LogP contribution >= 0.6 is 11.3 Å². The SMILES string of the molecule is CCNC(=NCCn1cc([N+](=O)[O-])cn1)N(C)Cc1csc(C(C)OC)n1. The first kappa shape index (κ1) is 20.8. The van der Waals surface area contributed by atoms with Gasteiger partial charge in [0.15, 0.2) is 5.96 Å². The molecule has 2 heterocycles. The Hall–Kier alpha value is -2.53. The van der Waals surface area contributed by atoms with Crippen molar-refractivity contribution in [2.45, 2.75) is 33.0 Å². The van der Waals surface area contributed by atoms with Gasteiger partial charge < -0.3 is 15.0 Å². The molecule has 27 heavy (non-hydrogen) atoms. The Kier molecular flexibility index (Phi) is 7.67. The zero-order valence-electron chi connectivity index (χ0n) is 16.0. The maximum absolute atomic E-state index is 10.7. The lowest BCUT2D eigenvalue weighted by Crippen LogP contribution is -2.38. The van der Waals surface area contributed by atoms with E-state index in [9.17, 15) is 10.1 Å². The molecular formula is C16H25N7O3S. The van der Waals surface area contributed by atoms with Crippen LogP contribution in [0.15, 0.2) is 22.8 Å². The van der Waals surface area contributed by atoms with Crippen molar-refractivity contribution < 1.29 is 9.66 Å². The fourth-order valence-corrected chi connectivity index (χ4v) is 3.14. The molecule has 0 fully saturated rings. The number of ether oxygens (including phenoxy) is 1. The number of rotatable bonds is 9. The van der Waals surface area contributed by atoms with Gasteiger partial charge in [0.2, 0.25) is 0 Å². The lowest BCUT2D eigenvalue weighted by molar-refractivity contribution is -0.385. The number of nitrogens with zero attached hydrogens (tertiary/aromatic N) is 6. The molecule has 148 valence electrons. The third-order valence-electron chi connectivity index (χ3n) is 3.79. The minimum atomic E-state index is -0.461. The highest BCUT2D eigenvalue weighted by atomic mass is 32.1. The number of nitro groups is 1. The molecule has 0 bridgehead atoms. The molecule has 2 rings (SSSR count). The Morgan fingerprint density at radius 3 is 3.00 bits per heavy atom. The van der Waals surface area contributed by atoms with Gasteiger partial charge in [-0.3, -0.25) is 19.8 Å². The highest BCUT2D eigenvalue weighted by Crippen LogP contribution is 2.20. The van der Waals surface area contributed by atoms with E-state index in [0.717, 1.165) is 23.2 Å². The molecule has 0 aliphatic carbocycles. The number of hydrogen-bond donors (Lipinski definition) is 1. The van der Waals surface area contributed by atoms with E-state index in [2.05, 4.69) is 20.4 Å². The van der Waals surface area contributed by atoms with Crippen LogP contribution in [-0.2, 0) is 17.8 Å². The van der Waals surface area contributed by atoms with Crippen LogP contribution in [0.3, 0.4) is 0 Å². The zero-order valence-corrected chi connectivity index (χ0v) is 16.8. The largest absolute Gasteiger partial charge is 0.375 e. The van der Waals surface area contributed by atoms with Crippen molar-refractivity contribution in [3.63, 3.8) is 0 Å². The molecule has 2 aromatic heterocycles. The zero-order chi connectivity index (χ0) is 19.8. The minimum absolute atomic E-state index is 0.0194. The number of methoxy groups -OCH3 is 1. The standard InChI is InChI=1S/C16H25N7O3S/c1-5-17-16(18-6-7-22-10-14(8-19-22)23(24)25)21(3)9-13-11-27-15(20-13)12(2)26-4/h8,10-12H,5-7,9H2,1-4H3,(H,17,18). The summed E-state index contributed by atoms with van der Waals surface area (Å²) in [4.78, 5) is 21.4. The van der Waals surface area contributed by atoms with Gasteiger partial charge >= 0.3 is 5.69 Å². The quantitative estimate of drug-likeness (QED) is 0.299. The predicted molar refractivity (Wildman–Crippen MR) is 104 cm³/mol. The van der Waals surface area contributed by atoms with E-state index < -0.39 is 4.92 Å². The number of aliphatic imine (C=N–C) groups is 1. The van der Waals surface area contributed by atoms with Crippen LogP contribution in [0.25, 0.3) is 0 Å². The smallest absolute Gasteiger partial charge is 0.306 e. The van der Waals surface area contributed by atoms with E-state index in [0.29, 0.717) is 19.6 Å². The molecule has 0 saturated carbocycles. The van der Waals surface area contributed by atoms with Gasteiger partial charge in [-0.2, -0.15) is 5.10 Å². The average Bonchev–Trinajstić information content (AvgIpc) is 3.30. The van der Waals surface area contributed by atoms with Crippen LogP contribution in [0.2, 0.25) is 0 Å². The van der Waals surface area contributed by atoms with E-state index >= 15 is 0 Å². The van der Waals surface area contributed by atoms with Gasteiger partial charge in [-0.25, -0.2) is 4.98 Å². The monoisotopic (exact) mass is 395 g/mol. The molecule has 0 aliphatic heterocycles. The van der Waals surface area contributed by atoms with Crippen molar-refractivity contribution >= 4 is 23.0 Å². The first-order valence-electron chi connectivity index (χ1n) is 8.58. The number of hydrogen-bond acceptors (Lipinski definition) is 7. The molecule has 1 atom stereocenters. The second kappa shape index (κ2) is 9.97. The lowest BCUT2D eigenvalue weighted by Gasteiger charge is -2.21. The summed E-state index contributed by atoms with van der Waals surface area (Å²) in [6.45, 7) is 6.24. The number of aromatic nitrogens is 3. The van der Waals surface area contributed by atoms with Crippen LogP contribution in [0.1, 0.15) is 30.7 Å². The van der Waals surface area contributed by atoms with Crippen molar-refractivity contribution in [2.75, 3.05) is 27.2 Å². The van der Waals surface area contributed by atoms with Gasteiger partial charge in [0.1, 0.15) is 23.5 Å². The molecule has 1 unspecified atom stereocenters. The molecule has 10 nitrogen and oxygen atoms in total. The second-order valence-corrected chi connectivity index (χ2v) is 6.76. The fraction of sp³-hybridized carbons (Fsp3) is 0.562. The molecule has 0 aliphatic rings. The number of nitrogens with one attached hydrogen (secondary N) is 1. The minimum Gasteiger partial charge on any atom is -0.375 e. The number of thiazole rings is 1. The Morgan fingerprint density at radius 2 is 2.37 bits per heavy atom. The lowest BCUT2D eigenvalue weighted by atomic mass is 10.4. The highest BCUT2D eigenvalue weighted by molar-refractivity contribution is 7.09. The summed E-state index contributed by atoms with van der Waals surface area (Å²) in [7, 11) is 3.61. The predicted octanol–water partition coefficient (Wildman–Crippen LogP) is 2.05. The summed E-state index contributed by atoms with van der Waals surface area (Å²) in [6.07, 6.45) is 2.62. The third-order valence-corrected chi connectivity index (χ3v) is 4.84. The molecule has 0 radical (unpaired) electrons. The van der Waals surface area contributed by atoms with Crippen LogP contribution in [0.5, 0.6) is 0 Å². The Balaban J connectivity index is 1.96. The van der Waals surface area contributed by atoms with Gasteiger partial charge in [-0.05, 0) is 13.8 Å². The van der Waals surface area contributed by atoms with Gasteiger partial charge in [0.05, 0.1) is 30.3 Å². The van der Waals surface area contributed by atoms with Gasteiger partial charge in [0, 0.05) is 26.1 Å². The maximum Gasteiger partial charge on any atom is 0.306 e. The fourth-order valence-electron chi connectivity index (χ4n) is 2.30. The van der Waals surface area contributed by atoms with E-state index in [-0.39, 0.29) is 11.8 Å². The highest BCUT2D eigenvalue weighted by Gasteiger charge is 2.13. The first-order valence-corrected chi connectivity index (χ1v) is 9.46. The summed E-state index contributed by atoms with van der Waals surface area (Å²) in [5.41, 5.74) is 0.933. The summed E-state index contributed by atoms with van der Waals surface area (Å²) in [6, 6.07) is 0. The van der Waals surface area contributed by atoms with Gasteiger partial charge in [0.25, 0.3) is 0 Å². The molecule has 2 aromatic rings. The molecule has 0 amide bonds. The van der Waals surface area contributed by atoms with Crippen molar-refractivity contribution in [2.24, 2.45) is 4.99 Å². The summed E-state index contributed by atoms with van der Waals surface area (Å²) in [5, 5.41) is 20.9. The van der Waals surface area contributed by atoms with E-state index in [4.69, 9.17) is 4.74 Å². The van der Waals surface area contributed by atoms with Crippen LogP contribution in [-0.4, -0.2) is 57.8 Å². The number of guanidine groups is 1. The Labute approximate surface area is 162 Å². The maximum atomic E-state index is 10.7. The van der Waals surface area contributed by atoms with Crippen LogP contribution < -0.4 is 5.32 Å². The molecule has 0 saturated heterocycles. The Bertz CT molecular complexity index is 774. The molecule has 0 spiro atoms. The van der Waals surface area contributed by atoms with E-state index in [1.807, 2.05) is 31.2 Å². The molecule has 11 heteroatoms. The summed E-state index contributed by atoms with van der Waals surface area (Å²) in [5.74, 6) is 0.744. The van der Waals surface area contributed by atoms with E-state index in [1.165, 1.54) is 17.1 Å². The van der Waals surface area contributed by atoms with Gasteiger partial charge in [-0.1, -0.05) is 0 Å². The normalized spacial score (nSPS) is 12.8. The van der Waals surface area contributed by atoms with Gasteiger partial charge in [-0.15, -0.1) is 11.3 Å². The van der Waals surface area contributed by atoms with Crippen molar-refractivity contribution in [3.8, 4) is 0 Å². The molecular weight excluding hydrogens is 370 g/mol. The summed E-state index contributed by atoms with van der Waals surface area (Å²) < 4.78 is 6.82. The Morgan fingerprint density at radius 1 is 1.59 bits per heavy atom. The molecule has 1 N–H and O–H groups in total. The topological polar surface area (TPSA) is 111 Å².